The normalized spacial score (nSPS) is 12.3. The number of aryl methyl sites for hydroxylation is 2. The minimum atomic E-state index is 0.198. The fourth-order valence-corrected chi connectivity index (χ4v) is 2.60. The van der Waals surface area contributed by atoms with E-state index in [0.29, 0.717) is 5.11 Å². The molecule has 1 atom stereocenters. The lowest BCUT2D eigenvalue weighted by molar-refractivity contribution is 0.702. The van der Waals surface area contributed by atoms with Crippen LogP contribution in [0.25, 0.3) is 0 Å². The zero-order valence-corrected chi connectivity index (χ0v) is 10.2. The first-order valence-electron chi connectivity index (χ1n) is 4.38. The van der Waals surface area contributed by atoms with Crippen LogP contribution in [0.4, 0.5) is 0 Å². The van der Waals surface area contributed by atoms with Gasteiger partial charge in [-0.1, -0.05) is 0 Å². The quantitative estimate of drug-likeness (QED) is 0.411. The van der Waals surface area contributed by atoms with Crippen molar-refractivity contribution in [3.63, 3.8) is 0 Å². The molecule has 4 N–H and O–H groups in total. The average Bonchev–Trinajstić information content (AvgIpc) is 2.45. The third kappa shape index (κ3) is 2.67. The molecule has 5 heteroatoms. The van der Waals surface area contributed by atoms with E-state index in [0.717, 1.165) is 0 Å². The molecule has 0 radical (unpaired) electrons. The van der Waals surface area contributed by atoms with Crippen molar-refractivity contribution < 1.29 is 0 Å². The van der Waals surface area contributed by atoms with Crippen molar-refractivity contribution in [2.45, 2.75) is 26.8 Å². The van der Waals surface area contributed by atoms with Gasteiger partial charge in [-0.3, -0.25) is 0 Å². The minimum absolute atomic E-state index is 0.198. The first-order chi connectivity index (χ1) is 6.54. The van der Waals surface area contributed by atoms with Gasteiger partial charge < -0.3 is 10.7 Å². The van der Waals surface area contributed by atoms with Crippen LogP contribution in [0.3, 0.4) is 0 Å². The summed E-state index contributed by atoms with van der Waals surface area (Å²) < 4.78 is 0. The van der Waals surface area contributed by atoms with Gasteiger partial charge in [0.05, 0.1) is 6.04 Å². The van der Waals surface area contributed by atoms with Gasteiger partial charge in [0.15, 0.2) is 5.11 Å². The molecule has 0 aliphatic heterocycles. The molecule has 0 aromatic carbocycles. The Morgan fingerprint density at radius 1 is 1.57 bits per heavy atom. The van der Waals surface area contributed by atoms with Crippen molar-refractivity contribution in [2.24, 2.45) is 5.84 Å². The molecule has 0 saturated heterocycles. The number of hydrogen-bond acceptors (Lipinski definition) is 3. The molecule has 1 aromatic heterocycles. The molecule has 1 heterocycles. The summed E-state index contributed by atoms with van der Waals surface area (Å²) in [7, 11) is 0. The summed E-state index contributed by atoms with van der Waals surface area (Å²) in [5, 5.41) is 3.57. The average molecular weight is 229 g/mol. The van der Waals surface area contributed by atoms with Crippen LogP contribution in [0.2, 0.25) is 0 Å². The molecule has 0 aliphatic rings. The van der Waals surface area contributed by atoms with Crippen LogP contribution in [0.1, 0.15) is 28.3 Å². The van der Waals surface area contributed by atoms with Gasteiger partial charge >= 0.3 is 0 Å². The van der Waals surface area contributed by atoms with Gasteiger partial charge in [-0.05, 0) is 44.6 Å². The predicted molar refractivity (Wildman–Crippen MR) is 65.3 cm³/mol. The van der Waals surface area contributed by atoms with Crippen LogP contribution in [0.5, 0.6) is 0 Å². The summed E-state index contributed by atoms with van der Waals surface area (Å²) in [6, 6.07) is 2.38. The molecule has 1 unspecified atom stereocenters. The first-order valence-corrected chi connectivity index (χ1v) is 5.61. The number of hydrazine groups is 1. The zero-order chi connectivity index (χ0) is 10.7. The van der Waals surface area contributed by atoms with Crippen LogP contribution in [-0.2, 0) is 0 Å². The lowest BCUT2D eigenvalue weighted by Gasteiger charge is -2.15. The smallest absolute Gasteiger partial charge is 0.181 e. The number of hydrogen-bond donors (Lipinski definition) is 3. The molecular weight excluding hydrogens is 214 g/mol. The molecule has 14 heavy (non-hydrogen) atoms. The maximum absolute atomic E-state index is 5.19. The van der Waals surface area contributed by atoms with E-state index in [1.54, 1.807) is 11.3 Å². The number of thiophene rings is 1. The maximum atomic E-state index is 5.19. The standard InChI is InChI=1S/C9H15N3S2/c1-5-4-8(7(3)14-5)6(2)11-9(13)12-10/h4,6H,10H2,1-3H3,(H2,11,12,13). The van der Waals surface area contributed by atoms with Gasteiger partial charge in [-0.2, -0.15) is 0 Å². The van der Waals surface area contributed by atoms with E-state index in [2.05, 4.69) is 37.6 Å². The van der Waals surface area contributed by atoms with Gasteiger partial charge in [0.1, 0.15) is 0 Å². The lowest BCUT2D eigenvalue weighted by Crippen LogP contribution is -2.40. The molecule has 0 spiro atoms. The van der Waals surface area contributed by atoms with Crippen molar-refractivity contribution in [1.29, 1.82) is 0 Å². The van der Waals surface area contributed by atoms with Gasteiger partial charge in [0.25, 0.3) is 0 Å². The van der Waals surface area contributed by atoms with Gasteiger partial charge in [0.2, 0.25) is 0 Å². The monoisotopic (exact) mass is 229 g/mol. The zero-order valence-electron chi connectivity index (χ0n) is 8.55. The molecule has 78 valence electrons. The first kappa shape index (κ1) is 11.4. The highest BCUT2D eigenvalue weighted by Crippen LogP contribution is 2.25. The van der Waals surface area contributed by atoms with Crippen molar-refractivity contribution in [3.05, 3.63) is 21.4 Å². The number of thiocarbonyl (C=S) groups is 1. The second-order valence-electron chi connectivity index (χ2n) is 3.21. The van der Waals surface area contributed by atoms with E-state index < -0.39 is 0 Å². The fourth-order valence-electron chi connectivity index (χ4n) is 1.40. The molecule has 0 fully saturated rings. The molecule has 0 amide bonds. The fraction of sp³-hybridized carbons (Fsp3) is 0.444. The molecule has 1 rings (SSSR count). The van der Waals surface area contributed by atoms with E-state index in [-0.39, 0.29) is 6.04 Å². The Morgan fingerprint density at radius 3 is 2.64 bits per heavy atom. The van der Waals surface area contributed by atoms with E-state index in [4.69, 9.17) is 18.1 Å². The van der Waals surface area contributed by atoms with Gasteiger partial charge in [-0.15, -0.1) is 11.3 Å². The Bertz CT molecular complexity index is 333. The van der Waals surface area contributed by atoms with Crippen LogP contribution < -0.4 is 16.6 Å². The topological polar surface area (TPSA) is 50.1 Å². The van der Waals surface area contributed by atoms with E-state index >= 15 is 0 Å². The largest absolute Gasteiger partial charge is 0.355 e. The highest BCUT2D eigenvalue weighted by Gasteiger charge is 2.11. The summed E-state index contributed by atoms with van der Waals surface area (Å²) >= 11 is 6.74. The number of nitrogens with two attached hydrogens (primary N) is 1. The van der Waals surface area contributed by atoms with E-state index in [1.807, 2.05) is 0 Å². The highest BCUT2D eigenvalue weighted by molar-refractivity contribution is 7.80. The van der Waals surface area contributed by atoms with E-state index in [1.165, 1.54) is 15.3 Å². The Hall–Kier alpha value is -0.650. The third-order valence-corrected chi connectivity index (χ3v) is 3.24. The number of nitrogens with one attached hydrogen (secondary N) is 2. The third-order valence-electron chi connectivity index (χ3n) is 2.02. The van der Waals surface area contributed by atoms with Crippen molar-refractivity contribution in [1.82, 2.24) is 10.7 Å². The molecule has 1 aromatic rings. The summed E-state index contributed by atoms with van der Waals surface area (Å²) in [5.74, 6) is 5.19. The van der Waals surface area contributed by atoms with E-state index in [9.17, 15) is 0 Å². The maximum Gasteiger partial charge on any atom is 0.181 e. The summed E-state index contributed by atoms with van der Waals surface area (Å²) in [6.45, 7) is 6.29. The van der Waals surface area contributed by atoms with Crippen LogP contribution in [-0.4, -0.2) is 5.11 Å². The van der Waals surface area contributed by atoms with Gasteiger partial charge in [0, 0.05) is 9.75 Å². The second kappa shape index (κ2) is 4.72. The summed E-state index contributed by atoms with van der Waals surface area (Å²) in [6.07, 6.45) is 0. The van der Waals surface area contributed by atoms with Crippen LogP contribution in [0.15, 0.2) is 6.07 Å². The molecule has 0 saturated carbocycles. The summed E-state index contributed by atoms with van der Waals surface area (Å²) in [4.78, 5) is 2.64. The highest BCUT2D eigenvalue weighted by atomic mass is 32.1. The Kier molecular flexibility index (Phi) is 3.86. The van der Waals surface area contributed by atoms with Crippen LogP contribution >= 0.6 is 23.6 Å². The molecule has 0 aliphatic carbocycles. The van der Waals surface area contributed by atoms with Crippen LogP contribution in [0, 0.1) is 13.8 Å². The van der Waals surface area contributed by atoms with Gasteiger partial charge in [-0.25, -0.2) is 5.84 Å². The molecule has 3 nitrogen and oxygen atoms in total. The predicted octanol–water partition coefficient (Wildman–Crippen LogP) is 1.76. The minimum Gasteiger partial charge on any atom is -0.355 e. The molecular formula is C9H15N3S2. The van der Waals surface area contributed by atoms with Crippen molar-refractivity contribution >= 4 is 28.7 Å². The van der Waals surface area contributed by atoms with Crippen molar-refractivity contribution in [3.8, 4) is 0 Å². The lowest BCUT2D eigenvalue weighted by atomic mass is 10.1. The Labute approximate surface area is 93.7 Å². The Morgan fingerprint density at radius 2 is 2.21 bits per heavy atom. The van der Waals surface area contributed by atoms with Crippen molar-refractivity contribution in [2.75, 3.05) is 0 Å². The molecule has 0 bridgehead atoms. The number of rotatable bonds is 2. The SMILES string of the molecule is Cc1cc(C(C)NC(=S)NN)c(C)s1. The summed E-state index contributed by atoms with van der Waals surface area (Å²) in [5.41, 5.74) is 3.70. The Balaban J connectivity index is 2.73. The second-order valence-corrected chi connectivity index (χ2v) is 5.08.